The summed E-state index contributed by atoms with van der Waals surface area (Å²) >= 11 is 1.53. The summed E-state index contributed by atoms with van der Waals surface area (Å²) in [5.41, 5.74) is 2.91. The van der Waals surface area contributed by atoms with Crippen molar-refractivity contribution in [3.63, 3.8) is 0 Å². The number of H-pyrrole nitrogens is 1. The van der Waals surface area contributed by atoms with Gasteiger partial charge in [-0.2, -0.15) is 0 Å². The minimum absolute atomic E-state index is 0.0601. The summed E-state index contributed by atoms with van der Waals surface area (Å²) in [6.07, 6.45) is 0. The number of rotatable bonds is 5. The second-order valence-corrected chi connectivity index (χ2v) is 8.55. The van der Waals surface area contributed by atoms with E-state index in [0.717, 1.165) is 66.0 Å². The Morgan fingerprint density at radius 2 is 1.83 bits per heavy atom. The van der Waals surface area contributed by atoms with Crippen LogP contribution in [0.5, 0.6) is 0 Å². The van der Waals surface area contributed by atoms with Gasteiger partial charge < -0.3 is 9.51 Å². The number of aromatic amines is 1. The molecular weight excluding hydrogens is 398 g/mol. The van der Waals surface area contributed by atoms with Crippen molar-refractivity contribution in [2.75, 3.05) is 26.2 Å². The van der Waals surface area contributed by atoms with Crippen LogP contribution in [0, 0.1) is 6.92 Å². The van der Waals surface area contributed by atoms with Gasteiger partial charge in [-0.15, -0.1) is 11.3 Å². The molecule has 8 heteroatoms. The molecule has 154 valence electrons. The molecule has 0 spiro atoms. The number of nitrogens with zero attached hydrogens (tertiary/aromatic N) is 4. The second kappa shape index (κ2) is 8.14. The fourth-order valence-corrected chi connectivity index (χ4v) is 4.90. The zero-order chi connectivity index (χ0) is 20.5. The molecule has 1 aliphatic rings. The molecule has 0 unspecified atom stereocenters. The third-order valence-corrected chi connectivity index (χ3v) is 6.35. The molecule has 4 aromatic rings. The Morgan fingerprint density at radius 1 is 1.10 bits per heavy atom. The van der Waals surface area contributed by atoms with E-state index in [1.807, 2.05) is 48.7 Å². The predicted molar refractivity (Wildman–Crippen MR) is 117 cm³/mol. The van der Waals surface area contributed by atoms with Crippen LogP contribution in [-0.2, 0) is 13.1 Å². The average molecular weight is 422 g/mol. The molecule has 0 radical (unpaired) electrons. The van der Waals surface area contributed by atoms with E-state index in [9.17, 15) is 4.79 Å². The van der Waals surface area contributed by atoms with Crippen molar-refractivity contribution in [2.24, 2.45) is 0 Å². The van der Waals surface area contributed by atoms with E-state index in [0.29, 0.717) is 11.9 Å². The highest BCUT2D eigenvalue weighted by molar-refractivity contribution is 7.17. The molecular formula is C22H23N5O2S. The third kappa shape index (κ3) is 3.94. The number of hydrogen-bond acceptors (Lipinski definition) is 7. The van der Waals surface area contributed by atoms with Gasteiger partial charge in [0.25, 0.3) is 5.56 Å². The number of aromatic nitrogens is 3. The molecule has 7 nitrogen and oxygen atoms in total. The normalized spacial score (nSPS) is 15.8. The number of aryl methyl sites for hydroxylation is 1. The van der Waals surface area contributed by atoms with Crippen molar-refractivity contribution >= 4 is 21.6 Å². The van der Waals surface area contributed by atoms with Gasteiger partial charge in [0.05, 0.1) is 17.6 Å². The summed E-state index contributed by atoms with van der Waals surface area (Å²) in [5, 5.41) is 6.79. The first-order chi connectivity index (χ1) is 14.7. The van der Waals surface area contributed by atoms with Gasteiger partial charge in [0.2, 0.25) is 0 Å². The van der Waals surface area contributed by atoms with Crippen LogP contribution in [-0.4, -0.2) is 51.1 Å². The second-order valence-electron chi connectivity index (χ2n) is 7.69. The predicted octanol–water partition coefficient (Wildman–Crippen LogP) is 3.27. The Labute approximate surface area is 178 Å². The molecule has 0 aliphatic carbocycles. The number of hydrogen-bond donors (Lipinski definition) is 1. The number of benzene rings is 1. The van der Waals surface area contributed by atoms with E-state index in [1.165, 1.54) is 11.3 Å². The number of nitrogens with one attached hydrogen (secondary N) is 1. The van der Waals surface area contributed by atoms with Crippen molar-refractivity contribution in [3.05, 3.63) is 69.4 Å². The highest BCUT2D eigenvalue weighted by Crippen LogP contribution is 2.30. The summed E-state index contributed by atoms with van der Waals surface area (Å²) in [7, 11) is 0. The van der Waals surface area contributed by atoms with Gasteiger partial charge in [-0.25, -0.2) is 4.98 Å². The summed E-state index contributed by atoms with van der Waals surface area (Å²) in [6, 6.07) is 12.0. The molecule has 1 fully saturated rings. The molecule has 30 heavy (non-hydrogen) atoms. The quantitative estimate of drug-likeness (QED) is 0.533. The van der Waals surface area contributed by atoms with Crippen molar-refractivity contribution in [1.82, 2.24) is 24.9 Å². The van der Waals surface area contributed by atoms with Gasteiger partial charge in [0.1, 0.15) is 16.4 Å². The van der Waals surface area contributed by atoms with Crippen molar-refractivity contribution < 1.29 is 4.52 Å². The van der Waals surface area contributed by atoms with E-state index in [2.05, 4.69) is 19.9 Å². The Morgan fingerprint density at radius 3 is 2.53 bits per heavy atom. The smallest absolute Gasteiger partial charge is 0.260 e. The van der Waals surface area contributed by atoms with Crippen molar-refractivity contribution in [3.8, 4) is 11.1 Å². The molecule has 0 bridgehead atoms. The first-order valence-electron chi connectivity index (χ1n) is 10.1. The molecule has 3 aromatic heterocycles. The molecule has 1 aliphatic heterocycles. The maximum absolute atomic E-state index is 12.8. The van der Waals surface area contributed by atoms with Gasteiger partial charge in [-0.1, -0.05) is 35.5 Å². The van der Waals surface area contributed by atoms with Crippen LogP contribution in [0.3, 0.4) is 0 Å². The van der Waals surface area contributed by atoms with E-state index in [1.54, 1.807) is 0 Å². The Bertz CT molecular complexity index is 1210. The largest absolute Gasteiger partial charge is 0.361 e. The zero-order valence-electron chi connectivity index (χ0n) is 16.8. The number of fused-ring (bicyclic) bond motifs is 1. The topological polar surface area (TPSA) is 78.3 Å². The third-order valence-electron chi connectivity index (χ3n) is 5.48. The van der Waals surface area contributed by atoms with Crippen LogP contribution in [0.4, 0.5) is 0 Å². The van der Waals surface area contributed by atoms with E-state index in [-0.39, 0.29) is 5.56 Å². The van der Waals surface area contributed by atoms with Crippen molar-refractivity contribution in [1.29, 1.82) is 0 Å². The summed E-state index contributed by atoms with van der Waals surface area (Å²) in [5.74, 6) is 1.58. The van der Waals surface area contributed by atoms with E-state index < -0.39 is 0 Å². The fourth-order valence-electron chi connectivity index (χ4n) is 3.94. The minimum atomic E-state index is -0.0601. The maximum Gasteiger partial charge on any atom is 0.260 e. The highest BCUT2D eigenvalue weighted by Gasteiger charge is 2.20. The summed E-state index contributed by atoms with van der Waals surface area (Å²) < 4.78 is 5.15. The van der Waals surface area contributed by atoms with Crippen LogP contribution in [0.15, 0.2) is 51.1 Å². The van der Waals surface area contributed by atoms with Crippen LogP contribution >= 0.6 is 11.3 Å². The average Bonchev–Trinajstić information content (AvgIpc) is 3.36. The fraction of sp³-hybridized carbons (Fsp3) is 0.318. The lowest BCUT2D eigenvalue weighted by molar-refractivity contribution is 0.118. The van der Waals surface area contributed by atoms with Crippen LogP contribution in [0.2, 0.25) is 0 Å². The molecule has 1 aromatic carbocycles. The zero-order valence-corrected chi connectivity index (χ0v) is 17.6. The van der Waals surface area contributed by atoms with Crippen LogP contribution in [0.25, 0.3) is 21.3 Å². The van der Waals surface area contributed by atoms with Crippen molar-refractivity contribution in [2.45, 2.75) is 20.0 Å². The Kier molecular flexibility index (Phi) is 5.20. The molecule has 0 amide bonds. The van der Waals surface area contributed by atoms with Gasteiger partial charge in [-0.3, -0.25) is 14.6 Å². The van der Waals surface area contributed by atoms with Crippen LogP contribution < -0.4 is 5.56 Å². The minimum Gasteiger partial charge on any atom is -0.361 e. The SMILES string of the molecule is Cc1cc(CN2CCN(Cc3nc4scc(-c5ccccc5)c4c(=O)[nH]3)CC2)no1. The first-order valence-corrected chi connectivity index (χ1v) is 11.0. The standard InChI is InChI=1S/C22H23N5O2S/c1-15-11-17(25-29-15)12-26-7-9-27(10-8-26)13-19-23-21(28)20-18(14-30-22(20)24-19)16-5-3-2-4-6-16/h2-6,11,14H,7-10,12-13H2,1H3,(H,23,24,28). The van der Waals surface area contributed by atoms with E-state index >= 15 is 0 Å². The van der Waals surface area contributed by atoms with Gasteiger partial charge in [0.15, 0.2) is 0 Å². The van der Waals surface area contributed by atoms with Gasteiger partial charge in [0, 0.05) is 49.7 Å². The molecule has 1 saturated heterocycles. The molecule has 5 rings (SSSR count). The Balaban J connectivity index is 1.27. The summed E-state index contributed by atoms with van der Waals surface area (Å²) in [6.45, 7) is 7.14. The number of piperazine rings is 1. The van der Waals surface area contributed by atoms with Gasteiger partial charge in [-0.05, 0) is 12.5 Å². The monoisotopic (exact) mass is 421 g/mol. The van der Waals surface area contributed by atoms with Crippen LogP contribution in [0.1, 0.15) is 17.3 Å². The molecule has 1 N–H and O–H groups in total. The molecule has 0 atom stereocenters. The Hall–Kier alpha value is -2.81. The molecule has 0 saturated carbocycles. The lowest BCUT2D eigenvalue weighted by Gasteiger charge is -2.33. The lowest BCUT2D eigenvalue weighted by Crippen LogP contribution is -2.45. The lowest BCUT2D eigenvalue weighted by atomic mass is 10.1. The molecule has 4 heterocycles. The highest BCUT2D eigenvalue weighted by atomic mass is 32.1. The summed E-state index contributed by atoms with van der Waals surface area (Å²) in [4.78, 5) is 26.1. The maximum atomic E-state index is 12.8. The van der Waals surface area contributed by atoms with E-state index in [4.69, 9.17) is 9.51 Å². The van der Waals surface area contributed by atoms with Gasteiger partial charge >= 0.3 is 0 Å². The first kappa shape index (κ1) is 19.2. The number of thiophene rings is 1.